The molecule has 0 aromatic heterocycles. The van der Waals surface area contributed by atoms with Gasteiger partial charge < -0.3 is 9.47 Å². The van der Waals surface area contributed by atoms with Crippen molar-refractivity contribution in [1.29, 1.82) is 0 Å². The quantitative estimate of drug-likeness (QED) is 0.568. The first-order chi connectivity index (χ1) is 9.17. The largest absolute Gasteiger partial charge is 0.466 e. The minimum absolute atomic E-state index is 0.0201. The van der Waals surface area contributed by atoms with Gasteiger partial charge in [-0.2, -0.15) is 0 Å². The second-order valence-corrected chi connectivity index (χ2v) is 4.96. The Morgan fingerprint density at radius 2 is 1.74 bits per heavy atom. The molecule has 0 unspecified atom stereocenters. The highest BCUT2D eigenvalue weighted by Crippen LogP contribution is 2.26. The molecule has 1 atom stereocenters. The summed E-state index contributed by atoms with van der Waals surface area (Å²) in [7, 11) is 0. The third-order valence-corrected chi connectivity index (χ3v) is 3.42. The molecule has 4 nitrogen and oxygen atoms in total. The first-order valence-corrected chi connectivity index (χ1v) is 7.09. The number of rotatable bonds is 7. The number of ether oxygens (including phenoxy) is 2. The topological polar surface area (TPSA) is 52.6 Å². The van der Waals surface area contributed by atoms with Crippen LogP contribution < -0.4 is 0 Å². The van der Waals surface area contributed by atoms with Crippen molar-refractivity contribution in [3.05, 3.63) is 30.3 Å². The standard InChI is InChI=1S/C14H18O4S/c1-3-17-13(15)10-12(14(16)18-4-2)19-11-8-6-5-7-9-11/h5-9,12H,3-4,10H2,1-2H3/t12-/m1/s1. The molecule has 0 aliphatic rings. The summed E-state index contributed by atoms with van der Waals surface area (Å²) < 4.78 is 9.87. The fraction of sp³-hybridized carbons (Fsp3) is 0.429. The maximum atomic E-state index is 11.8. The first kappa shape index (κ1) is 15.6. The zero-order valence-corrected chi connectivity index (χ0v) is 11.9. The molecule has 19 heavy (non-hydrogen) atoms. The maximum Gasteiger partial charge on any atom is 0.320 e. The zero-order valence-electron chi connectivity index (χ0n) is 11.1. The van der Waals surface area contributed by atoms with Crippen molar-refractivity contribution in [2.24, 2.45) is 0 Å². The van der Waals surface area contributed by atoms with Gasteiger partial charge in [-0.1, -0.05) is 18.2 Å². The second-order valence-electron chi connectivity index (χ2n) is 3.68. The van der Waals surface area contributed by atoms with Crippen LogP contribution in [0.15, 0.2) is 35.2 Å². The van der Waals surface area contributed by atoms with Crippen molar-refractivity contribution in [2.75, 3.05) is 13.2 Å². The van der Waals surface area contributed by atoms with E-state index in [1.165, 1.54) is 11.8 Å². The van der Waals surface area contributed by atoms with Gasteiger partial charge in [0.1, 0.15) is 5.25 Å². The van der Waals surface area contributed by atoms with Gasteiger partial charge in [0.2, 0.25) is 0 Å². The lowest BCUT2D eigenvalue weighted by molar-refractivity contribution is -0.149. The van der Waals surface area contributed by atoms with Crippen molar-refractivity contribution in [3.8, 4) is 0 Å². The molecule has 0 aliphatic heterocycles. The van der Waals surface area contributed by atoms with Crippen LogP contribution >= 0.6 is 11.8 Å². The van der Waals surface area contributed by atoms with Crippen molar-refractivity contribution in [3.63, 3.8) is 0 Å². The van der Waals surface area contributed by atoms with Gasteiger partial charge in [0.25, 0.3) is 0 Å². The van der Waals surface area contributed by atoms with Gasteiger partial charge in [-0.25, -0.2) is 0 Å². The SMILES string of the molecule is CCOC(=O)C[C@@H](Sc1ccccc1)C(=O)OCC. The fourth-order valence-corrected chi connectivity index (χ4v) is 2.47. The van der Waals surface area contributed by atoms with Crippen LogP contribution in [0, 0.1) is 0 Å². The number of hydrogen-bond acceptors (Lipinski definition) is 5. The third-order valence-electron chi connectivity index (χ3n) is 2.23. The summed E-state index contributed by atoms with van der Waals surface area (Å²) in [5.41, 5.74) is 0. The molecule has 0 amide bonds. The van der Waals surface area contributed by atoms with Crippen molar-refractivity contribution >= 4 is 23.7 Å². The highest BCUT2D eigenvalue weighted by molar-refractivity contribution is 8.00. The number of benzene rings is 1. The number of hydrogen-bond donors (Lipinski definition) is 0. The normalized spacial score (nSPS) is 11.7. The van der Waals surface area contributed by atoms with E-state index in [0.29, 0.717) is 13.2 Å². The lowest BCUT2D eigenvalue weighted by atomic mass is 10.3. The van der Waals surface area contributed by atoms with Crippen LogP contribution in [0.2, 0.25) is 0 Å². The Morgan fingerprint density at radius 1 is 1.11 bits per heavy atom. The molecule has 1 rings (SSSR count). The van der Waals surface area contributed by atoms with E-state index in [4.69, 9.17) is 9.47 Å². The number of thioether (sulfide) groups is 1. The Kier molecular flexibility index (Phi) is 7.03. The summed E-state index contributed by atoms with van der Waals surface area (Å²) in [4.78, 5) is 24.3. The van der Waals surface area contributed by atoms with Gasteiger partial charge in [0, 0.05) is 4.90 Å². The van der Waals surface area contributed by atoms with Crippen LogP contribution in [-0.2, 0) is 19.1 Å². The summed E-state index contributed by atoms with van der Waals surface area (Å²) >= 11 is 1.32. The summed E-state index contributed by atoms with van der Waals surface area (Å²) in [6.07, 6.45) is 0.0201. The zero-order chi connectivity index (χ0) is 14.1. The van der Waals surface area contributed by atoms with Gasteiger partial charge in [0.05, 0.1) is 19.6 Å². The van der Waals surface area contributed by atoms with E-state index in [1.54, 1.807) is 13.8 Å². The average molecular weight is 282 g/mol. The molecular weight excluding hydrogens is 264 g/mol. The second kappa shape index (κ2) is 8.58. The molecule has 0 bridgehead atoms. The monoisotopic (exact) mass is 282 g/mol. The van der Waals surface area contributed by atoms with E-state index in [-0.39, 0.29) is 18.4 Å². The van der Waals surface area contributed by atoms with Crippen LogP contribution in [0.3, 0.4) is 0 Å². The third kappa shape index (κ3) is 5.79. The molecule has 0 aliphatic carbocycles. The number of esters is 2. The molecule has 0 radical (unpaired) electrons. The lowest BCUT2D eigenvalue weighted by Gasteiger charge is -2.14. The molecule has 1 aromatic rings. The van der Waals surface area contributed by atoms with Crippen molar-refractivity contribution in [2.45, 2.75) is 30.4 Å². The van der Waals surface area contributed by atoms with E-state index < -0.39 is 5.25 Å². The first-order valence-electron chi connectivity index (χ1n) is 6.21. The van der Waals surface area contributed by atoms with Crippen molar-refractivity contribution < 1.29 is 19.1 Å². The summed E-state index contributed by atoms with van der Waals surface area (Å²) in [6.45, 7) is 4.09. The number of carbonyl (C=O) groups excluding carboxylic acids is 2. The highest BCUT2D eigenvalue weighted by Gasteiger charge is 2.25. The van der Waals surface area contributed by atoms with E-state index in [9.17, 15) is 9.59 Å². The van der Waals surface area contributed by atoms with Gasteiger partial charge >= 0.3 is 11.9 Å². The molecule has 5 heteroatoms. The van der Waals surface area contributed by atoms with E-state index in [2.05, 4.69) is 0 Å². The van der Waals surface area contributed by atoms with E-state index in [0.717, 1.165) is 4.90 Å². The number of carbonyl (C=O) groups is 2. The molecule has 104 valence electrons. The minimum atomic E-state index is -0.568. The molecule has 0 saturated carbocycles. The Hall–Kier alpha value is -1.49. The fourth-order valence-electron chi connectivity index (χ4n) is 1.44. The van der Waals surface area contributed by atoms with E-state index in [1.807, 2.05) is 30.3 Å². The predicted octanol–water partition coefficient (Wildman–Crippen LogP) is 2.66. The van der Waals surface area contributed by atoms with Crippen LogP contribution in [0.25, 0.3) is 0 Å². The molecule has 0 saturated heterocycles. The summed E-state index contributed by atoms with van der Waals surface area (Å²) in [6, 6.07) is 9.45. The van der Waals surface area contributed by atoms with Crippen LogP contribution in [0.5, 0.6) is 0 Å². The molecule has 0 spiro atoms. The molecular formula is C14H18O4S. The molecule has 0 heterocycles. The smallest absolute Gasteiger partial charge is 0.320 e. The van der Waals surface area contributed by atoms with Crippen LogP contribution in [0.1, 0.15) is 20.3 Å². The molecule has 0 fully saturated rings. The van der Waals surface area contributed by atoms with Gasteiger partial charge in [-0.15, -0.1) is 11.8 Å². The Bertz CT molecular complexity index is 405. The Morgan fingerprint density at radius 3 is 2.32 bits per heavy atom. The van der Waals surface area contributed by atoms with Gasteiger partial charge in [-0.05, 0) is 26.0 Å². The Labute approximate surface area is 117 Å². The highest BCUT2D eigenvalue weighted by atomic mass is 32.2. The lowest BCUT2D eigenvalue weighted by Crippen LogP contribution is -2.24. The van der Waals surface area contributed by atoms with Gasteiger partial charge in [-0.3, -0.25) is 9.59 Å². The summed E-state index contributed by atoms with van der Waals surface area (Å²) in [5.74, 6) is -0.770. The van der Waals surface area contributed by atoms with Crippen LogP contribution in [-0.4, -0.2) is 30.4 Å². The molecule has 0 N–H and O–H groups in total. The minimum Gasteiger partial charge on any atom is -0.466 e. The van der Waals surface area contributed by atoms with Crippen molar-refractivity contribution in [1.82, 2.24) is 0 Å². The van der Waals surface area contributed by atoms with Gasteiger partial charge in [0.15, 0.2) is 0 Å². The molecule has 1 aromatic carbocycles. The maximum absolute atomic E-state index is 11.8. The predicted molar refractivity (Wildman–Crippen MR) is 74.0 cm³/mol. The summed E-state index contributed by atoms with van der Waals surface area (Å²) in [5, 5.41) is -0.568. The van der Waals surface area contributed by atoms with Crippen LogP contribution in [0.4, 0.5) is 0 Å². The Balaban J connectivity index is 2.69. The van der Waals surface area contributed by atoms with E-state index >= 15 is 0 Å². The average Bonchev–Trinajstić information content (AvgIpc) is 2.40.